The number of hydrogen-bond donors (Lipinski definition) is 3. The number of nitrogens with one attached hydrogen (secondary N) is 2. The molecule has 0 aromatic heterocycles. The van der Waals surface area contributed by atoms with Crippen molar-refractivity contribution in [2.75, 3.05) is 5.32 Å². The van der Waals surface area contributed by atoms with Crippen molar-refractivity contribution < 1.29 is 24.2 Å². The number of carbonyl (C=O) groups excluding carboxylic acids is 3. The number of para-hydroxylation sites is 1. The number of phenols is 1. The molecule has 36 heavy (non-hydrogen) atoms. The summed E-state index contributed by atoms with van der Waals surface area (Å²) in [6.45, 7) is 10.6. The van der Waals surface area contributed by atoms with Crippen LogP contribution in [0.25, 0.3) is 0 Å². The third-order valence-corrected chi connectivity index (χ3v) is 6.28. The Morgan fingerprint density at radius 2 is 1.81 bits per heavy atom. The number of anilines is 1. The zero-order chi connectivity index (χ0) is 26.8. The number of phenolic OH excluding ortho intramolecular Hbond substituents is 1. The SMILES string of the molecule is Cc1cccc(Cl)c1NC(=O)C(c1cccc(O)c1)N(C(=O)C(C)NC(=O)OC(C)(C)C)C1CC1C. The number of ether oxygens (including phenoxy) is 1. The van der Waals surface area contributed by atoms with Gasteiger partial charge in [0.2, 0.25) is 5.91 Å². The molecule has 0 radical (unpaired) electrons. The van der Waals surface area contributed by atoms with E-state index in [0.29, 0.717) is 22.7 Å². The summed E-state index contributed by atoms with van der Waals surface area (Å²) in [6.07, 6.45) is -0.0179. The molecule has 0 spiro atoms. The van der Waals surface area contributed by atoms with E-state index in [9.17, 15) is 19.5 Å². The highest BCUT2D eigenvalue weighted by Gasteiger charge is 2.47. The van der Waals surface area contributed by atoms with Crippen molar-refractivity contribution in [3.63, 3.8) is 0 Å². The predicted molar refractivity (Wildman–Crippen MR) is 139 cm³/mol. The molecular formula is C27H34ClN3O5. The van der Waals surface area contributed by atoms with Crippen LogP contribution in [0, 0.1) is 12.8 Å². The van der Waals surface area contributed by atoms with Crippen molar-refractivity contribution >= 4 is 35.2 Å². The van der Waals surface area contributed by atoms with Crippen molar-refractivity contribution in [2.24, 2.45) is 5.92 Å². The molecule has 0 heterocycles. The van der Waals surface area contributed by atoms with Gasteiger partial charge in [0.05, 0.1) is 10.7 Å². The van der Waals surface area contributed by atoms with Gasteiger partial charge in [0.25, 0.3) is 5.91 Å². The molecule has 0 saturated heterocycles. The lowest BCUT2D eigenvalue weighted by atomic mass is 10.0. The van der Waals surface area contributed by atoms with Crippen LogP contribution in [-0.2, 0) is 14.3 Å². The highest BCUT2D eigenvalue weighted by Crippen LogP contribution is 2.41. The first kappa shape index (κ1) is 27.3. The predicted octanol–water partition coefficient (Wildman–Crippen LogP) is 5.18. The van der Waals surface area contributed by atoms with Crippen LogP contribution in [-0.4, -0.2) is 45.6 Å². The number of carbonyl (C=O) groups is 3. The molecule has 2 aromatic carbocycles. The number of nitrogens with zero attached hydrogens (tertiary/aromatic N) is 1. The topological polar surface area (TPSA) is 108 Å². The first-order valence-electron chi connectivity index (χ1n) is 11.9. The van der Waals surface area contributed by atoms with Crippen molar-refractivity contribution in [2.45, 2.75) is 71.7 Å². The summed E-state index contributed by atoms with van der Waals surface area (Å²) in [6, 6.07) is 9.29. The fraction of sp³-hybridized carbons (Fsp3) is 0.444. The number of rotatable bonds is 7. The molecule has 1 saturated carbocycles. The van der Waals surface area contributed by atoms with E-state index in [1.54, 1.807) is 52.0 Å². The molecule has 2 aromatic rings. The molecular weight excluding hydrogens is 482 g/mol. The number of amides is 3. The third-order valence-electron chi connectivity index (χ3n) is 5.97. The molecule has 0 aliphatic heterocycles. The van der Waals surface area contributed by atoms with E-state index < -0.39 is 35.6 Å². The summed E-state index contributed by atoms with van der Waals surface area (Å²) >= 11 is 6.35. The molecule has 194 valence electrons. The van der Waals surface area contributed by atoms with Crippen LogP contribution in [0.4, 0.5) is 10.5 Å². The van der Waals surface area contributed by atoms with Gasteiger partial charge in [-0.25, -0.2) is 4.79 Å². The average molecular weight is 516 g/mol. The summed E-state index contributed by atoms with van der Waals surface area (Å²) < 4.78 is 5.30. The Hall–Kier alpha value is -3.26. The molecule has 3 rings (SSSR count). The molecule has 8 nitrogen and oxygen atoms in total. The van der Waals surface area contributed by atoms with Gasteiger partial charge in [-0.1, -0.05) is 42.8 Å². The van der Waals surface area contributed by atoms with Gasteiger partial charge in [-0.05, 0) is 76.3 Å². The number of benzene rings is 2. The highest BCUT2D eigenvalue weighted by atomic mass is 35.5. The van der Waals surface area contributed by atoms with E-state index in [-0.39, 0.29) is 17.7 Å². The lowest BCUT2D eigenvalue weighted by molar-refractivity contribution is -0.141. The van der Waals surface area contributed by atoms with Gasteiger partial charge in [-0.3, -0.25) is 9.59 Å². The van der Waals surface area contributed by atoms with Crippen LogP contribution >= 0.6 is 11.6 Å². The second-order valence-electron chi connectivity index (χ2n) is 10.3. The Morgan fingerprint density at radius 1 is 1.17 bits per heavy atom. The van der Waals surface area contributed by atoms with Crippen LogP contribution < -0.4 is 10.6 Å². The number of hydrogen-bond acceptors (Lipinski definition) is 5. The van der Waals surface area contributed by atoms with E-state index in [4.69, 9.17) is 16.3 Å². The van der Waals surface area contributed by atoms with Crippen molar-refractivity contribution in [1.82, 2.24) is 10.2 Å². The monoisotopic (exact) mass is 515 g/mol. The van der Waals surface area contributed by atoms with E-state index in [1.807, 2.05) is 19.9 Å². The molecule has 3 N–H and O–H groups in total. The van der Waals surface area contributed by atoms with Gasteiger partial charge in [-0.2, -0.15) is 0 Å². The van der Waals surface area contributed by atoms with Crippen molar-refractivity contribution in [3.8, 4) is 5.75 Å². The smallest absolute Gasteiger partial charge is 0.408 e. The molecule has 4 atom stereocenters. The Morgan fingerprint density at radius 3 is 2.36 bits per heavy atom. The molecule has 3 amide bonds. The van der Waals surface area contributed by atoms with E-state index >= 15 is 0 Å². The normalized spacial score (nSPS) is 18.5. The quantitative estimate of drug-likeness (QED) is 0.470. The Balaban J connectivity index is 1.98. The van der Waals surface area contributed by atoms with Crippen LogP contribution in [0.2, 0.25) is 5.02 Å². The first-order valence-corrected chi connectivity index (χ1v) is 12.3. The molecule has 9 heteroatoms. The second kappa shape index (κ2) is 10.8. The van der Waals surface area contributed by atoms with E-state index in [1.165, 1.54) is 17.0 Å². The summed E-state index contributed by atoms with van der Waals surface area (Å²) in [5, 5.41) is 16.0. The van der Waals surface area contributed by atoms with Gasteiger partial charge in [0.1, 0.15) is 23.4 Å². The Bertz CT molecular complexity index is 1130. The van der Waals surface area contributed by atoms with Gasteiger partial charge in [0.15, 0.2) is 0 Å². The van der Waals surface area contributed by atoms with Gasteiger partial charge in [-0.15, -0.1) is 0 Å². The number of halogens is 1. The number of aryl methyl sites for hydroxylation is 1. The number of aromatic hydroxyl groups is 1. The Kier molecular flexibility index (Phi) is 8.19. The first-order chi connectivity index (χ1) is 16.8. The minimum Gasteiger partial charge on any atom is -0.508 e. The maximum absolute atomic E-state index is 13.8. The second-order valence-corrected chi connectivity index (χ2v) is 10.7. The summed E-state index contributed by atoms with van der Waals surface area (Å²) in [5.74, 6) is -0.781. The van der Waals surface area contributed by atoms with Crippen LogP contribution in [0.3, 0.4) is 0 Å². The molecule has 1 fully saturated rings. The molecule has 0 bridgehead atoms. The van der Waals surface area contributed by atoms with Crippen LogP contribution in [0.15, 0.2) is 42.5 Å². The molecule has 4 unspecified atom stereocenters. The fourth-order valence-corrected chi connectivity index (χ4v) is 4.33. The van der Waals surface area contributed by atoms with Gasteiger partial charge in [0, 0.05) is 6.04 Å². The standard InChI is InChI=1S/C27H34ClN3O5/c1-15-9-7-12-20(28)22(15)30-24(33)23(18-10-8-11-19(32)14-18)31(21-13-16(21)2)25(34)17(3)29-26(35)36-27(4,5)6/h7-12,14,16-17,21,23,32H,13H2,1-6H3,(H,29,35)(H,30,33). The van der Waals surface area contributed by atoms with Crippen molar-refractivity contribution in [3.05, 3.63) is 58.6 Å². The van der Waals surface area contributed by atoms with Crippen LogP contribution in [0.5, 0.6) is 5.75 Å². The summed E-state index contributed by atoms with van der Waals surface area (Å²) in [4.78, 5) is 41.4. The maximum atomic E-state index is 13.8. The van der Waals surface area contributed by atoms with Gasteiger partial charge >= 0.3 is 6.09 Å². The van der Waals surface area contributed by atoms with Crippen molar-refractivity contribution in [1.29, 1.82) is 0 Å². The fourth-order valence-electron chi connectivity index (χ4n) is 4.06. The minimum absolute atomic E-state index is 0.0320. The minimum atomic E-state index is -1.07. The largest absolute Gasteiger partial charge is 0.508 e. The molecule has 1 aliphatic rings. The third kappa shape index (κ3) is 6.69. The van der Waals surface area contributed by atoms with Crippen LogP contribution in [0.1, 0.15) is 58.2 Å². The van der Waals surface area contributed by atoms with E-state index in [2.05, 4.69) is 10.6 Å². The lowest BCUT2D eigenvalue weighted by Gasteiger charge is -2.34. The Labute approximate surface area is 217 Å². The number of alkyl carbamates (subject to hydrolysis) is 1. The highest BCUT2D eigenvalue weighted by molar-refractivity contribution is 6.34. The maximum Gasteiger partial charge on any atom is 0.408 e. The summed E-state index contributed by atoms with van der Waals surface area (Å²) in [5.41, 5.74) is 0.927. The van der Waals surface area contributed by atoms with E-state index in [0.717, 1.165) is 5.56 Å². The van der Waals surface area contributed by atoms with Gasteiger partial charge < -0.3 is 25.4 Å². The zero-order valence-corrected chi connectivity index (χ0v) is 22.2. The average Bonchev–Trinajstić information content (AvgIpc) is 3.48. The lowest BCUT2D eigenvalue weighted by Crippen LogP contribution is -2.52. The zero-order valence-electron chi connectivity index (χ0n) is 21.5. The molecule has 1 aliphatic carbocycles. The summed E-state index contributed by atoms with van der Waals surface area (Å²) in [7, 11) is 0.